The highest BCUT2D eigenvalue weighted by atomic mass is 16.1. The van der Waals surface area contributed by atoms with Crippen LogP contribution in [0.3, 0.4) is 0 Å². The van der Waals surface area contributed by atoms with Crippen molar-refractivity contribution in [1.29, 1.82) is 0 Å². The van der Waals surface area contributed by atoms with E-state index in [9.17, 15) is 4.79 Å². The predicted molar refractivity (Wildman–Crippen MR) is 44.4 cm³/mol. The van der Waals surface area contributed by atoms with Gasteiger partial charge in [-0.25, -0.2) is 9.97 Å². The first-order chi connectivity index (χ1) is 5.86. The Bertz CT molecular complexity index is 388. The third-order valence-corrected chi connectivity index (χ3v) is 1.48. The lowest BCUT2D eigenvalue weighted by atomic mass is 10.3. The summed E-state index contributed by atoms with van der Waals surface area (Å²) in [5, 5.41) is 2.92. The van der Waals surface area contributed by atoms with Crippen molar-refractivity contribution in [3.63, 3.8) is 0 Å². The van der Waals surface area contributed by atoms with Gasteiger partial charge in [0.15, 0.2) is 0 Å². The summed E-state index contributed by atoms with van der Waals surface area (Å²) in [5.41, 5.74) is 0.392. The highest BCUT2D eigenvalue weighted by molar-refractivity contribution is 5.86. The molecule has 0 amide bonds. The fourth-order valence-electron chi connectivity index (χ4n) is 0.929. The Morgan fingerprint density at radius 2 is 2.25 bits per heavy atom. The molecule has 5 heteroatoms. The number of nitrogens with one attached hydrogen (secondary N) is 1. The molecule has 0 atom stereocenters. The minimum absolute atomic E-state index is 0.348. The second kappa shape index (κ2) is 2.69. The fourth-order valence-corrected chi connectivity index (χ4v) is 0.929. The van der Waals surface area contributed by atoms with E-state index in [1.54, 1.807) is 6.21 Å². The first-order valence-corrected chi connectivity index (χ1v) is 3.46. The van der Waals surface area contributed by atoms with E-state index >= 15 is 0 Å². The number of rotatable bonds is 0. The Morgan fingerprint density at radius 1 is 1.33 bits per heavy atom. The lowest BCUT2D eigenvalue weighted by Gasteiger charge is -2.06. The third-order valence-electron chi connectivity index (χ3n) is 1.48. The molecule has 0 spiro atoms. The molecule has 1 aliphatic rings. The summed E-state index contributed by atoms with van der Waals surface area (Å²) < 4.78 is 0. The maximum absolute atomic E-state index is 10.8. The molecule has 0 bridgehead atoms. The molecule has 12 heavy (non-hydrogen) atoms. The zero-order valence-electron chi connectivity index (χ0n) is 6.19. The monoisotopic (exact) mass is 162 g/mol. The van der Waals surface area contributed by atoms with Gasteiger partial charge in [0, 0.05) is 12.4 Å². The molecule has 2 heterocycles. The zero-order chi connectivity index (χ0) is 8.39. The number of nitrogens with zero attached hydrogens (tertiary/aromatic N) is 3. The number of fused-ring (bicyclic) bond motifs is 1. The molecule has 60 valence electrons. The minimum atomic E-state index is -0.348. The van der Waals surface area contributed by atoms with Gasteiger partial charge < -0.3 is 5.32 Å². The topological polar surface area (TPSA) is 67.2 Å². The second-order valence-corrected chi connectivity index (χ2v) is 2.31. The van der Waals surface area contributed by atoms with Crippen molar-refractivity contribution in [3.8, 4) is 0 Å². The summed E-state index contributed by atoms with van der Waals surface area (Å²) in [5.74, 6) is 0.652. The van der Waals surface area contributed by atoms with Gasteiger partial charge in [0.25, 0.3) is 5.56 Å². The van der Waals surface area contributed by atoms with E-state index in [1.807, 2.05) is 0 Å². The molecule has 0 fully saturated rings. The Morgan fingerprint density at radius 3 is 3.17 bits per heavy atom. The molecule has 2 rings (SSSR count). The minimum Gasteiger partial charge on any atom is -0.350 e. The van der Waals surface area contributed by atoms with Gasteiger partial charge in [0.2, 0.25) is 0 Å². The van der Waals surface area contributed by atoms with Crippen LogP contribution in [0.25, 0.3) is 0 Å². The summed E-state index contributed by atoms with van der Waals surface area (Å²) in [6.45, 7) is 0.498. The van der Waals surface area contributed by atoms with E-state index < -0.39 is 0 Å². The van der Waals surface area contributed by atoms with Crippen LogP contribution < -0.4 is 10.9 Å². The Hall–Kier alpha value is -1.78. The van der Waals surface area contributed by atoms with E-state index in [1.165, 1.54) is 12.4 Å². The van der Waals surface area contributed by atoms with Crippen molar-refractivity contribution in [2.75, 3.05) is 12.0 Å². The van der Waals surface area contributed by atoms with E-state index in [0.717, 1.165) is 5.56 Å². The van der Waals surface area contributed by atoms with Crippen molar-refractivity contribution in [1.82, 2.24) is 9.97 Å². The quantitative estimate of drug-likeness (QED) is 0.565. The van der Waals surface area contributed by atoms with Gasteiger partial charge in [0.1, 0.15) is 12.5 Å². The van der Waals surface area contributed by atoms with Crippen LogP contribution in [0.15, 0.2) is 22.2 Å². The van der Waals surface area contributed by atoms with Gasteiger partial charge >= 0.3 is 0 Å². The van der Waals surface area contributed by atoms with Crippen LogP contribution in [-0.4, -0.2) is 22.9 Å². The normalized spacial score (nSPS) is 13.3. The Labute approximate surface area is 68.2 Å². The summed E-state index contributed by atoms with van der Waals surface area (Å²) >= 11 is 0. The van der Waals surface area contributed by atoms with Gasteiger partial charge in [-0.1, -0.05) is 0 Å². The standard InChI is InChI=1S/C7H6N4O/c12-6-3-10-7-5(2-9-6)1-8-4-11-7/h1-3,11H,4H2. The van der Waals surface area contributed by atoms with Crippen LogP contribution in [0.4, 0.5) is 5.82 Å². The molecular weight excluding hydrogens is 156 g/mol. The van der Waals surface area contributed by atoms with Crippen molar-refractivity contribution in [3.05, 3.63) is 28.3 Å². The van der Waals surface area contributed by atoms with E-state index in [0.29, 0.717) is 12.5 Å². The zero-order valence-corrected chi connectivity index (χ0v) is 6.19. The van der Waals surface area contributed by atoms with E-state index in [2.05, 4.69) is 20.3 Å². The molecule has 0 aromatic carbocycles. The van der Waals surface area contributed by atoms with Gasteiger partial charge in [-0.3, -0.25) is 9.79 Å². The highest BCUT2D eigenvalue weighted by Crippen LogP contribution is 2.07. The third kappa shape index (κ3) is 1.16. The SMILES string of the molecule is O=c1cnc2c(cn1)C=NCN2. The van der Waals surface area contributed by atoms with Crippen molar-refractivity contribution in [2.45, 2.75) is 0 Å². The van der Waals surface area contributed by atoms with Crippen LogP contribution in [0, 0.1) is 0 Å². The van der Waals surface area contributed by atoms with Crippen LogP contribution in [0.1, 0.15) is 5.56 Å². The number of hydrogen-bond acceptors (Lipinski definition) is 5. The van der Waals surface area contributed by atoms with E-state index in [-0.39, 0.29) is 5.56 Å². The number of aliphatic imine (C=N–C) groups is 1. The second-order valence-electron chi connectivity index (χ2n) is 2.31. The van der Waals surface area contributed by atoms with E-state index in [4.69, 9.17) is 0 Å². The van der Waals surface area contributed by atoms with Crippen LogP contribution in [-0.2, 0) is 0 Å². The van der Waals surface area contributed by atoms with Crippen molar-refractivity contribution in [2.24, 2.45) is 4.99 Å². The van der Waals surface area contributed by atoms with Gasteiger partial charge in [0.05, 0.1) is 11.8 Å². The molecule has 0 aliphatic carbocycles. The smallest absolute Gasteiger partial charge is 0.288 e. The molecule has 0 unspecified atom stereocenters. The first-order valence-electron chi connectivity index (χ1n) is 3.46. The summed E-state index contributed by atoms with van der Waals surface area (Å²) in [7, 11) is 0. The average molecular weight is 162 g/mol. The molecular formula is C7H6N4O. The maximum Gasteiger partial charge on any atom is 0.288 e. The number of hydrogen-bond donors (Lipinski definition) is 1. The van der Waals surface area contributed by atoms with Crippen molar-refractivity contribution < 1.29 is 0 Å². The molecule has 5 nitrogen and oxygen atoms in total. The van der Waals surface area contributed by atoms with Crippen LogP contribution in [0.5, 0.6) is 0 Å². The molecule has 0 saturated heterocycles. The van der Waals surface area contributed by atoms with Gasteiger partial charge in [-0.2, -0.15) is 0 Å². The fraction of sp³-hybridized carbons (Fsp3) is 0.143. The van der Waals surface area contributed by atoms with Crippen LogP contribution in [0.2, 0.25) is 0 Å². The lowest BCUT2D eigenvalue weighted by molar-refractivity contribution is 1.10. The largest absolute Gasteiger partial charge is 0.350 e. The van der Waals surface area contributed by atoms with Gasteiger partial charge in [-0.15, -0.1) is 0 Å². The molecule has 1 N–H and O–H groups in total. The summed E-state index contributed by atoms with van der Waals surface area (Å²) in [4.78, 5) is 22.2. The lowest BCUT2D eigenvalue weighted by Crippen LogP contribution is -2.07. The summed E-state index contributed by atoms with van der Waals surface area (Å²) in [6, 6.07) is 0. The Kier molecular flexibility index (Phi) is 1.55. The summed E-state index contributed by atoms with van der Waals surface area (Å²) in [6.07, 6.45) is 4.29. The average Bonchev–Trinajstić information content (AvgIpc) is 2.29. The first kappa shape index (κ1) is 6.90. The van der Waals surface area contributed by atoms with Gasteiger partial charge in [-0.05, 0) is 0 Å². The molecule has 1 aromatic heterocycles. The highest BCUT2D eigenvalue weighted by Gasteiger charge is 2.02. The number of aromatic nitrogens is 2. The van der Waals surface area contributed by atoms with Crippen molar-refractivity contribution >= 4 is 12.0 Å². The number of anilines is 1. The van der Waals surface area contributed by atoms with Crippen LogP contribution >= 0.6 is 0 Å². The maximum atomic E-state index is 10.8. The molecule has 1 aromatic rings. The molecule has 0 saturated carbocycles. The molecule has 0 radical (unpaired) electrons. The molecule has 1 aliphatic heterocycles. The predicted octanol–water partition coefficient (Wildman–Crippen LogP) is -0.361. The Balaban J connectivity index is 2.66.